The molecule has 4 unspecified atom stereocenters. The highest BCUT2D eigenvalue weighted by Gasteiger charge is 2.38. The second-order valence-electron chi connectivity index (χ2n) is 10.7. The van der Waals surface area contributed by atoms with Crippen molar-refractivity contribution in [2.24, 2.45) is 23.5 Å². The van der Waals surface area contributed by atoms with Gasteiger partial charge in [0.15, 0.2) is 5.78 Å². The second-order valence-corrected chi connectivity index (χ2v) is 12.0. The molecule has 0 aliphatic heterocycles. The van der Waals surface area contributed by atoms with Gasteiger partial charge in [0.25, 0.3) is 0 Å². The Morgan fingerprint density at radius 1 is 1.05 bits per heavy atom. The Balaban J connectivity index is 1.47. The molecule has 0 amide bonds. The smallest absolute Gasteiger partial charge is 0.465 e. The Morgan fingerprint density at radius 2 is 1.73 bits per heavy atom. The second kappa shape index (κ2) is 13.3. The van der Waals surface area contributed by atoms with Gasteiger partial charge in [-0.05, 0) is 73.9 Å². The van der Waals surface area contributed by atoms with Gasteiger partial charge in [-0.2, -0.15) is 0 Å². The average Bonchev–Trinajstić information content (AvgIpc) is 3.79. The molecule has 4 rings (SSSR count). The first-order valence-electron chi connectivity index (χ1n) is 13.8. The van der Waals surface area contributed by atoms with E-state index >= 15 is 0 Å². The zero-order valence-corrected chi connectivity index (χ0v) is 24.2. The normalized spacial score (nSPS) is 23.5. The molecule has 0 radical (unpaired) electrons. The van der Waals surface area contributed by atoms with Gasteiger partial charge in [-0.15, -0.1) is 24.9 Å². The Hall–Kier alpha value is -2.98. The van der Waals surface area contributed by atoms with Crippen LogP contribution in [0, 0.1) is 17.8 Å². The molecule has 0 spiro atoms. The van der Waals surface area contributed by atoms with E-state index in [4.69, 9.17) is 15.2 Å². The van der Waals surface area contributed by atoms with E-state index in [1.807, 2.05) is 12.1 Å². The van der Waals surface area contributed by atoms with Crippen molar-refractivity contribution in [3.8, 4) is 5.75 Å². The standard InChI is InChI=1S/C31H36F3NO5S/c1-4-19-16-22(15-18(2)29(19)41-23-13-11-21(12-14-23)30(37)38-3)39-17-25(28(36)20-9-10-20)27(35)24-7-5-6-8-26(24)40-31(32,33)34/h5-8,11-14,18-20,22,29H,4,9-10,15-17,35H2,1-3H3. The monoisotopic (exact) mass is 591 g/mol. The first kappa shape index (κ1) is 31.0. The van der Waals surface area contributed by atoms with Gasteiger partial charge in [0, 0.05) is 27.2 Å². The van der Waals surface area contributed by atoms with E-state index in [0.29, 0.717) is 22.6 Å². The minimum absolute atomic E-state index is 0.0237. The van der Waals surface area contributed by atoms with E-state index in [2.05, 4.69) is 18.6 Å². The number of nitrogens with two attached hydrogens (primary N) is 1. The molecule has 41 heavy (non-hydrogen) atoms. The number of methoxy groups -OCH3 is 1. The number of alkyl halides is 3. The molecule has 6 nitrogen and oxygen atoms in total. The Kier molecular flexibility index (Phi) is 10.1. The summed E-state index contributed by atoms with van der Waals surface area (Å²) in [6.07, 6.45) is -1.05. The van der Waals surface area contributed by atoms with Crippen molar-refractivity contribution in [2.75, 3.05) is 13.7 Å². The Labute approximate surface area is 242 Å². The van der Waals surface area contributed by atoms with Gasteiger partial charge in [0.1, 0.15) is 5.75 Å². The molecule has 2 saturated carbocycles. The van der Waals surface area contributed by atoms with Crippen molar-refractivity contribution in [3.63, 3.8) is 0 Å². The summed E-state index contributed by atoms with van der Waals surface area (Å²) in [4.78, 5) is 26.0. The first-order chi connectivity index (χ1) is 19.5. The highest BCUT2D eigenvalue weighted by Crippen LogP contribution is 2.44. The predicted molar refractivity (Wildman–Crippen MR) is 151 cm³/mol. The molecule has 2 N–H and O–H groups in total. The van der Waals surface area contributed by atoms with Gasteiger partial charge in [-0.1, -0.05) is 32.4 Å². The Morgan fingerprint density at radius 3 is 2.34 bits per heavy atom. The summed E-state index contributed by atoms with van der Waals surface area (Å²) in [5.74, 6) is -0.528. The van der Waals surface area contributed by atoms with Gasteiger partial charge in [0.05, 0.1) is 31.1 Å². The van der Waals surface area contributed by atoms with Gasteiger partial charge >= 0.3 is 12.3 Å². The summed E-state index contributed by atoms with van der Waals surface area (Å²) >= 11 is 1.79. The number of thioether (sulfide) groups is 1. The third-order valence-corrected chi connectivity index (χ3v) is 9.40. The number of ether oxygens (including phenoxy) is 3. The lowest BCUT2D eigenvalue weighted by Crippen LogP contribution is -2.37. The highest BCUT2D eigenvalue weighted by molar-refractivity contribution is 8.00. The average molecular weight is 592 g/mol. The number of carbonyl (C=O) groups excluding carboxylic acids is 2. The SMILES string of the molecule is CCC1CC(OCC(C(=O)C2CC2)=C(N)c2ccccc2OC(F)(F)F)CC(C)C1Sc1ccc(C(=O)OC)cc1. The van der Waals surface area contributed by atoms with Crippen LogP contribution >= 0.6 is 11.8 Å². The van der Waals surface area contributed by atoms with Crippen molar-refractivity contribution < 1.29 is 37.0 Å². The molecule has 0 bridgehead atoms. The van der Waals surface area contributed by atoms with Crippen LogP contribution in [0.1, 0.15) is 61.9 Å². The summed E-state index contributed by atoms with van der Waals surface area (Å²) < 4.78 is 54.3. The maximum absolute atomic E-state index is 13.2. The zero-order chi connectivity index (χ0) is 29.7. The van der Waals surface area contributed by atoms with Crippen molar-refractivity contribution in [2.45, 2.75) is 68.6 Å². The van der Waals surface area contributed by atoms with E-state index in [-0.39, 0.29) is 47.2 Å². The van der Waals surface area contributed by atoms with Crippen LogP contribution < -0.4 is 10.5 Å². The molecule has 10 heteroatoms. The molecule has 4 atom stereocenters. The molecule has 2 fully saturated rings. The molecule has 2 aromatic rings. The van der Waals surface area contributed by atoms with Crippen LogP contribution in [0.4, 0.5) is 13.2 Å². The summed E-state index contributed by atoms with van der Waals surface area (Å²) in [6, 6.07) is 13.0. The van der Waals surface area contributed by atoms with E-state index in [1.165, 1.54) is 25.3 Å². The molecule has 0 aromatic heterocycles. The van der Waals surface area contributed by atoms with Crippen LogP contribution in [-0.4, -0.2) is 43.2 Å². The van der Waals surface area contributed by atoms with E-state index in [0.717, 1.165) is 37.0 Å². The lowest BCUT2D eigenvalue weighted by atomic mass is 9.79. The fourth-order valence-corrected chi connectivity index (χ4v) is 6.86. The number of halogens is 3. The fraction of sp³-hybridized carbons (Fsp3) is 0.484. The molecule has 0 saturated heterocycles. The van der Waals surface area contributed by atoms with Crippen LogP contribution in [0.25, 0.3) is 5.70 Å². The third kappa shape index (κ3) is 8.07. The minimum atomic E-state index is -4.89. The lowest BCUT2D eigenvalue weighted by Gasteiger charge is -2.40. The Bertz CT molecular complexity index is 1260. The van der Waals surface area contributed by atoms with Gasteiger partial charge < -0.3 is 19.9 Å². The van der Waals surface area contributed by atoms with Gasteiger partial charge in [0.2, 0.25) is 0 Å². The topological polar surface area (TPSA) is 87.9 Å². The van der Waals surface area contributed by atoms with Gasteiger partial charge in [-0.3, -0.25) is 4.79 Å². The molecule has 2 aromatic carbocycles. The maximum Gasteiger partial charge on any atom is 0.573 e. The number of benzene rings is 2. The number of rotatable bonds is 11. The summed E-state index contributed by atoms with van der Waals surface area (Å²) in [6.45, 7) is 4.26. The van der Waals surface area contributed by atoms with Crippen molar-refractivity contribution in [1.29, 1.82) is 0 Å². The summed E-state index contributed by atoms with van der Waals surface area (Å²) in [5, 5.41) is 0.336. The maximum atomic E-state index is 13.2. The third-order valence-electron chi connectivity index (χ3n) is 7.73. The minimum Gasteiger partial charge on any atom is -0.465 e. The van der Waals surface area contributed by atoms with E-state index < -0.39 is 12.1 Å². The van der Waals surface area contributed by atoms with Crippen LogP contribution in [0.15, 0.2) is 59.0 Å². The number of para-hydroxylation sites is 1. The number of ketones is 1. The fourth-order valence-electron chi connectivity index (χ4n) is 5.41. The van der Waals surface area contributed by atoms with Crippen LogP contribution in [0.5, 0.6) is 5.75 Å². The number of hydrogen-bond acceptors (Lipinski definition) is 7. The van der Waals surface area contributed by atoms with E-state index in [9.17, 15) is 22.8 Å². The summed E-state index contributed by atoms with van der Waals surface area (Å²) in [7, 11) is 1.36. The summed E-state index contributed by atoms with van der Waals surface area (Å²) in [5.41, 5.74) is 7.06. The molecular weight excluding hydrogens is 555 g/mol. The molecule has 0 heterocycles. The zero-order valence-electron chi connectivity index (χ0n) is 23.4. The predicted octanol–water partition coefficient (Wildman–Crippen LogP) is 7.02. The number of Topliss-reactive ketones (excluding diaryl/α,β-unsaturated/α-hetero) is 1. The largest absolute Gasteiger partial charge is 0.573 e. The van der Waals surface area contributed by atoms with Crippen LogP contribution in [0.2, 0.25) is 0 Å². The lowest BCUT2D eigenvalue weighted by molar-refractivity contribution is -0.274. The number of carbonyl (C=O) groups is 2. The number of esters is 1. The van der Waals surface area contributed by atoms with Crippen LogP contribution in [0.3, 0.4) is 0 Å². The van der Waals surface area contributed by atoms with Gasteiger partial charge in [-0.25, -0.2) is 4.79 Å². The van der Waals surface area contributed by atoms with Crippen molar-refractivity contribution in [3.05, 3.63) is 65.2 Å². The molecule has 222 valence electrons. The quantitative estimate of drug-likeness (QED) is 0.222. The highest BCUT2D eigenvalue weighted by atomic mass is 32.2. The van der Waals surface area contributed by atoms with Crippen molar-refractivity contribution >= 4 is 29.2 Å². The first-order valence-corrected chi connectivity index (χ1v) is 14.7. The van der Waals surface area contributed by atoms with Crippen molar-refractivity contribution in [1.82, 2.24) is 0 Å². The molecular formula is C31H36F3NO5S. The molecule has 2 aliphatic rings. The molecule has 2 aliphatic carbocycles. The van der Waals surface area contributed by atoms with E-state index in [1.54, 1.807) is 30.0 Å². The number of hydrogen-bond donors (Lipinski definition) is 1. The van der Waals surface area contributed by atoms with Crippen LogP contribution in [-0.2, 0) is 14.3 Å².